The minimum Gasteiger partial charge on any atom is -0.272 e. The smallest absolute Gasteiger partial charge is 0.0999 e. The van der Waals surface area contributed by atoms with Crippen molar-refractivity contribution in [2.75, 3.05) is 0 Å². The third kappa shape index (κ3) is 3.37. The quantitative estimate of drug-likeness (QED) is 0.493. The van der Waals surface area contributed by atoms with E-state index in [2.05, 4.69) is 42.3 Å². The number of hydrogen-bond donors (Lipinski definition) is 0. The van der Waals surface area contributed by atoms with Gasteiger partial charge in [0.05, 0.1) is 41.7 Å². The SMILES string of the molecule is CCC[C@@H](C)n1cc(-c2nc(-c3cnn(CCC)c3)cn3nccc23)cn1. The minimum absolute atomic E-state index is 0.375. The van der Waals surface area contributed by atoms with Crippen molar-refractivity contribution < 1.29 is 0 Å². The largest absolute Gasteiger partial charge is 0.272 e. The molecule has 0 saturated heterocycles. The molecule has 0 aliphatic rings. The van der Waals surface area contributed by atoms with Crippen LogP contribution < -0.4 is 0 Å². The second kappa shape index (κ2) is 7.34. The predicted octanol–water partition coefficient (Wildman–Crippen LogP) is 4.23. The van der Waals surface area contributed by atoms with Gasteiger partial charge in [0.25, 0.3) is 0 Å². The van der Waals surface area contributed by atoms with Crippen molar-refractivity contribution in [3.05, 3.63) is 43.2 Å². The van der Waals surface area contributed by atoms with E-state index < -0.39 is 0 Å². The Balaban J connectivity index is 1.77. The van der Waals surface area contributed by atoms with Gasteiger partial charge in [0.1, 0.15) is 0 Å². The van der Waals surface area contributed by atoms with E-state index in [1.54, 1.807) is 6.20 Å². The number of hydrogen-bond acceptors (Lipinski definition) is 4. The molecule has 0 aliphatic heterocycles. The van der Waals surface area contributed by atoms with Gasteiger partial charge in [0.15, 0.2) is 0 Å². The summed E-state index contributed by atoms with van der Waals surface area (Å²) in [6, 6.07) is 2.36. The number of fused-ring (bicyclic) bond motifs is 1. The fraction of sp³-hybridized carbons (Fsp3) is 0.400. The highest BCUT2D eigenvalue weighted by molar-refractivity contribution is 5.78. The molecule has 1 atom stereocenters. The van der Waals surface area contributed by atoms with Crippen LogP contribution in [-0.4, -0.2) is 34.2 Å². The van der Waals surface area contributed by atoms with Gasteiger partial charge in [-0.3, -0.25) is 9.36 Å². The molecule has 0 amide bonds. The van der Waals surface area contributed by atoms with Crippen LogP contribution >= 0.6 is 0 Å². The van der Waals surface area contributed by atoms with Crippen LogP contribution in [0.4, 0.5) is 0 Å². The molecule has 0 aliphatic carbocycles. The van der Waals surface area contributed by atoms with E-state index >= 15 is 0 Å². The monoisotopic (exact) mass is 363 g/mol. The molecule has 4 aromatic rings. The molecule has 0 radical (unpaired) electrons. The molecular weight excluding hydrogens is 338 g/mol. The molecule has 7 heteroatoms. The van der Waals surface area contributed by atoms with Gasteiger partial charge in [-0.1, -0.05) is 20.3 Å². The topological polar surface area (TPSA) is 65.8 Å². The van der Waals surface area contributed by atoms with E-state index in [-0.39, 0.29) is 0 Å². The highest BCUT2D eigenvalue weighted by Crippen LogP contribution is 2.27. The lowest BCUT2D eigenvalue weighted by molar-refractivity contribution is 0.455. The first kappa shape index (κ1) is 17.5. The first-order valence-corrected chi connectivity index (χ1v) is 9.61. The normalized spacial score (nSPS) is 12.7. The van der Waals surface area contributed by atoms with Crippen molar-refractivity contribution in [3.8, 4) is 22.5 Å². The number of nitrogens with zero attached hydrogens (tertiary/aromatic N) is 7. The third-order valence-electron chi connectivity index (χ3n) is 4.80. The van der Waals surface area contributed by atoms with E-state index in [9.17, 15) is 0 Å². The van der Waals surface area contributed by atoms with E-state index in [4.69, 9.17) is 4.98 Å². The summed E-state index contributed by atoms with van der Waals surface area (Å²) in [6.45, 7) is 7.44. The van der Waals surface area contributed by atoms with Gasteiger partial charge in [-0.25, -0.2) is 9.50 Å². The van der Waals surface area contributed by atoms with Crippen LogP contribution in [0.1, 0.15) is 46.1 Å². The average Bonchev–Trinajstić information content (AvgIpc) is 3.41. The van der Waals surface area contributed by atoms with Crippen molar-refractivity contribution in [2.45, 2.75) is 52.6 Å². The number of aromatic nitrogens is 7. The maximum absolute atomic E-state index is 4.94. The van der Waals surface area contributed by atoms with E-state index in [1.165, 1.54) is 0 Å². The fourth-order valence-corrected chi connectivity index (χ4v) is 3.38. The lowest BCUT2D eigenvalue weighted by Crippen LogP contribution is -2.04. The Morgan fingerprint density at radius 1 is 0.963 bits per heavy atom. The average molecular weight is 363 g/mol. The van der Waals surface area contributed by atoms with Crippen LogP contribution in [0, 0.1) is 0 Å². The molecule has 0 unspecified atom stereocenters. The molecule has 0 bridgehead atoms. The van der Waals surface area contributed by atoms with Gasteiger partial charge >= 0.3 is 0 Å². The Hall–Kier alpha value is -2.96. The Labute approximate surface area is 158 Å². The molecule has 4 heterocycles. The summed E-state index contributed by atoms with van der Waals surface area (Å²) in [5, 5.41) is 13.4. The summed E-state index contributed by atoms with van der Waals surface area (Å²) in [4.78, 5) is 4.94. The molecule has 140 valence electrons. The molecular formula is C20H25N7. The van der Waals surface area contributed by atoms with Gasteiger partial charge in [-0.2, -0.15) is 15.3 Å². The molecule has 0 fully saturated rings. The summed E-state index contributed by atoms with van der Waals surface area (Å²) in [7, 11) is 0. The molecule has 27 heavy (non-hydrogen) atoms. The molecule has 4 aromatic heterocycles. The predicted molar refractivity (Wildman–Crippen MR) is 105 cm³/mol. The van der Waals surface area contributed by atoms with Crippen molar-refractivity contribution in [2.24, 2.45) is 0 Å². The Kier molecular flexibility index (Phi) is 4.75. The van der Waals surface area contributed by atoms with Crippen molar-refractivity contribution in [1.29, 1.82) is 0 Å². The molecule has 0 spiro atoms. The summed E-state index contributed by atoms with van der Waals surface area (Å²) in [5.74, 6) is 0. The lowest BCUT2D eigenvalue weighted by Gasteiger charge is -2.10. The van der Waals surface area contributed by atoms with Gasteiger partial charge in [0, 0.05) is 36.1 Å². The minimum atomic E-state index is 0.375. The molecule has 0 N–H and O–H groups in total. The highest BCUT2D eigenvalue weighted by atomic mass is 15.3. The van der Waals surface area contributed by atoms with E-state index in [1.807, 2.05) is 44.7 Å². The number of rotatable bonds is 7. The maximum Gasteiger partial charge on any atom is 0.0999 e. The van der Waals surface area contributed by atoms with Crippen LogP contribution in [-0.2, 0) is 6.54 Å². The zero-order valence-corrected chi connectivity index (χ0v) is 16.1. The third-order valence-corrected chi connectivity index (χ3v) is 4.80. The van der Waals surface area contributed by atoms with Gasteiger partial charge in [-0.05, 0) is 25.8 Å². The van der Waals surface area contributed by atoms with Crippen molar-refractivity contribution >= 4 is 5.52 Å². The van der Waals surface area contributed by atoms with Crippen LogP contribution in [0.3, 0.4) is 0 Å². The van der Waals surface area contributed by atoms with Gasteiger partial charge in [0.2, 0.25) is 0 Å². The molecule has 4 rings (SSSR count). The van der Waals surface area contributed by atoms with Crippen LogP contribution in [0.2, 0.25) is 0 Å². The van der Waals surface area contributed by atoms with Crippen LogP contribution in [0.25, 0.3) is 28.0 Å². The van der Waals surface area contributed by atoms with E-state index in [0.717, 1.165) is 53.8 Å². The summed E-state index contributed by atoms with van der Waals surface area (Å²) in [5.41, 5.74) is 4.73. The fourth-order valence-electron chi connectivity index (χ4n) is 3.38. The zero-order valence-electron chi connectivity index (χ0n) is 16.1. The molecule has 7 nitrogen and oxygen atoms in total. The first-order chi connectivity index (χ1) is 13.2. The summed E-state index contributed by atoms with van der Waals surface area (Å²) < 4.78 is 5.86. The van der Waals surface area contributed by atoms with Crippen molar-refractivity contribution in [3.63, 3.8) is 0 Å². The Morgan fingerprint density at radius 3 is 2.63 bits per heavy atom. The molecule has 0 aromatic carbocycles. The standard InChI is InChI=1S/C20H25N7/c1-4-6-15(3)26-13-17(11-23-26)20-19-7-8-21-27(19)14-18(24-20)16-10-22-25(12-16)9-5-2/h7-8,10-15H,4-6,9H2,1-3H3/t15-/m1/s1. The van der Waals surface area contributed by atoms with E-state index in [0.29, 0.717) is 6.04 Å². The number of aryl methyl sites for hydroxylation is 1. The summed E-state index contributed by atoms with van der Waals surface area (Å²) in [6.07, 6.45) is 14.9. The molecule has 0 saturated carbocycles. The zero-order chi connectivity index (χ0) is 18.8. The van der Waals surface area contributed by atoms with Crippen molar-refractivity contribution in [1.82, 2.24) is 34.2 Å². The lowest BCUT2D eigenvalue weighted by atomic mass is 10.2. The van der Waals surface area contributed by atoms with Gasteiger partial charge in [-0.15, -0.1) is 0 Å². The highest BCUT2D eigenvalue weighted by Gasteiger charge is 2.15. The van der Waals surface area contributed by atoms with Gasteiger partial charge < -0.3 is 0 Å². The maximum atomic E-state index is 4.94. The van der Waals surface area contributed by atoms with Crippen LogP contribution in [0.15, 0.2) is 43.2 Å². The Morgan fingerprint density at radius 2 is 1.81 bits per heavy atom. The van der Waals surface area contributed by atoms with Crippen LogP contribution in [0.5, 0.6) is 0 Å². The second-order valence-electron chi connectivity index (χ2n) is 6.97. The first-order valence-electron chi connectivity index (χ1n) is 9.61. The Bertz CT molecular complexity index is 1040. The second-order valence-corrected chi connectivity index (χ2v) is 6.97. The summed E-state index contributed by atoms with van der Waals surface area (Å²) >= 11 is 0.